The molecule has 0 heterocycles. The number of carbonyl (C=O) groups excluding carboxylic acids is 1. The van der Waals surface area contributed by atoms with Crippen molar-refractivity contribution in [1.82, 2.24) is 0 Å². The maximum absolute atomic E-state index is 12.8. The molecule has 0 saturated carbocycles. The molecule has 9 heteroatoms. The van der Waals surface area contributed by atoms with Gasteiger partial charge in [-0.3, -0.25) is 4.79 Å². The normalized spacial score (nSPS) is 15.7. The first kappa shape index (κ1) is 21.4. The number of carbonyl (C=O) groups is 1. The fraction of sp³-hybridized carbons (Fsp3) is 0.923. The largest absolute Gasteiger partial charge is 0.468 e. The molecule has 0 amide bonds. The highest BCUT2D eigenvalue weighted by atomic mass is 32.2. The summed E-state index contributed by atoms with van der Waals surface area (Å²) in [7, 11) is 1.06. The Labute approximate surface area is 130 Å². The van der Waals surface area contributed by atoms with Gasteiger partial charge in [0.05, 0.1) is 19.4 Å². The predicted molar refractivity (Wildman–Crippen MR) is 72.6 cm³/mol. The molecule has 2 nitrogen and oxygen atoms in total. The van der Waals surface area contributed by atoms with Gasteiger partial charge in [0.1, 0.15) is 5.25 Å². The van der Waals surface area contributed by atoms with Crippen molar-refractivity contribution in [2.45, 2.75) is 50.7 Å². The smallest absolute Gasteiger partial charge is 0.392 e. The van der Waals surface area contributed by atoms with Gasteiger partial charge in [-0.2, -0.15) is 26.3 Å². The Morgan fingerprint density at radius 1 is 1.09 bits per heavy atom. The van der Waals surface area contributed by atoms with Gasteiger partial charge >= 0.3 is 18.3 Å². The van der Waals surface area contributed by atoms with E-state index in [1.165, 1.54) is 13.8 Å². The third kappa shape index (κ3) is 8.75. The second-order valence-electron chi connectivity index (χ2n) is 5.22. The first-order valence-corrected chi connectivity index (χ1v) is 7.76. The quantitative estimate of drug-likeness (QED) is 0.461. The van der Waals surface area contributed by atoms with Crippen LogP contribution < -0.4 is 0 Å². The van der Waals surface area contributed by atoms with Gasteiger partial charge in [-0.1, -0.05) is 13.8 Å². The number of thioether (sulfide) groups is 1. The fourth-order valence-corrected chi connectivity index (χ4v) is 3.09. The zero-order chi connectivity index (χ0) is 17.6. The lowest BCUT2D eigenvalue weighted by atomic mass is 9.90. The number of rotatable bonds is 8. The van der Waals surface area contributed by atoms with Gasteiger partial charge in [0.15, 0.2) is 0 Å². The molecule has 0 saturated heterocycles. The van der Waals surface area contributed by atoms with Gasteiger partial charge in [0, 0.05) is 5.75 Å². The van der Waals surface area contributed by atoms with Crippen molar-refractivity contribution in [3.63, 3.8) is 0 Å². The first-order valence-electron chi connectivity index (χ1n) is 6.71. The molecule has 0 N–H and O–H groups in total. The summed E-state index contributed by atoms with van der Waals surface area (Å²) < 4.78 is 79.2. The van der Waals surface area contributed by atoms with Gasteiger partial charge < -0.3 is 4.74 Å². The summed E-state index contributed by atoms with van der Waals surface area (Å²) in [5, 5.41) is -1.02. The van der Waals surface area contributed by atoms with E-state index in [0.717, 1.165) is 7.11 Å². The van der Waals surface area contributed by atoms with Crippen molar-refractivity contribution in [2.75, 3.05) is 12.9 Å². The highest BCUT2D eigenvalue weighted by Gasteiger charge is 2.41. The van der Waals surface area contributed by atoms with Crippen LogP contribution in [0.1, 0.15) is 33.1 Å². The third-order valence-electron chi connectivity index (χ3n) is 3.13. The lowest BCUT2D eigenvalue weighted by molar-refractivity contribution is -0.188. The Hall–Kier alpha value is -0.600. The van der Waals surface area contributed by atoms with Crippen LogP contribution in [0.15, 0.2) is 0 Å². The molecule has 0 aromatic carbocycles. The molecule has 0 aromatic heterocycles. The van der Waals surface area contributed by atoms with Gasteiger partial charge in [0.25, 0.3) is 0 Å². The SMILES string of the molecule is COC(=O)C(CCC(C(C)C)C(F)(F)F)SCCC(F)(F)F. The third-order valence-corrected chi connectivity index (χ3v) is 4.40. The molecule has 132 valence electrons. The van der Waals surface area contributed by atoms with Gasteiger partial charge in [-0.25, -0.2) is 0 Å². The maximum atomic E-state index is 12.8. The molecule has 0 aliphatic heterocycles. The number of hydrogen-bond donors (Lipinski definition) is 0. The second-order valence-corrected chi connectivity index (χ2v) is 6.53. The zero-order valence-corrected chi connectivity index (χ0v) is 13.4. The molecule has 0 spiro atoms. The van der Waals surface area contributed by atoms with Crippen LogP contribution in [0.2, 0.25) is 0 Å². The average molecular weight is 354 g/mol. The van der Waals surface area contributed by atoms with E-state index >= 15 is 0 Å². The van der Waals surface area contributed by atoms with E-state index < -0.39 is 41.8 Å². The van der Waals surface area contributed by atoms with Gasteiger partial charge in [0.2, 0.25) is 0 Å². The van der Waals surface area contributed by atoms with Crippen LogP contribution in [-0.2, 0) is 9.53 Å². The second kappa shape index (κ2) is 8.88. The number of methoxy groups -OCH3 is 1. The van der Waals surface area contributed by atoms with Crippen LogP contribution in [0.4, 0.5) is 26.3 Å². The minimum atomic E-state index is -4.40. The van der Waals surface area contributed by atoms with E-state index in [9.17, 15) is 31.1 Å². The molecule has 0 rings (SSSR count). The number of alkyl halides is 6. The summed E-state index contributed by atoms with van der Waals surface area (Å²) in [5.74, 6) is -3.44. The van der Waals surface area contributed by atoms with Crippen molar-refractivity contribution in [2.24, 2.45) is 11.8 Å². The molecule has 0 fully saturated rings. The first-order chi connectivity index (χ1) is 9.88. The van der Waals surface area contributed by atoms with Crippen molar-refractivity contribution < 1.29 is 35.9 Å². The average Bonchev–Trinajstić information content (AvgIpc) is 2.32. The molecule has 0 aliphatic rings. The Morgan fingerprint density at radius 3 is 2.00 bits per heavy atom. The summed E-state index contributed by atoms with van der Waals surface area (Å²) in [6.45, 7) is 2.84. The maximum Gasteiger partial charge on any atom is 0.392 e. The minimum absolute atomic E-state index is 0.169. The summed E-state index contributed by atoms with van der Waals surface area (Å²) in [4.78, 5) is 11.5. The van der Waals surface area contributed by atoms with E-state index in [-0.39, 0.29) is 18.6 Å². The summed E-state index contributed by atoms with van der Waals surface area (Å²) in [5.41, 5.74) is 0. The van der Waals surface area contributed by atoms with Crippen LogP contribution in [0.25, 0.3) is 0 Å². The van der Waals surface area contributed by atoms with Crippen molar-refractivity contribution in [3.05, 3.63) is 0 Å². The highest BCUT2D eigenvalue weighted by Crippen LogP contribution is 2.37. The number of esters is 1. The fourth-order valence-electron chi connectivity index (χ4n) is 1.92. The minimum Gasteiger partial charge on any atom is -0.468 e. The summed E-state index contributed by atoms with van der Waals surface area (Å²) in [6, 6.07) is 0. The summed E-state index contributed by atoms with van der Waals surface area (Å²) >= 11 is 0.684. The Kier molecular flexibility index (Phi) is 8.64. The lowest BCUT2D eigenvalue weighted by Crippen LogP contribution is -2.30. The Bertz CT molecular complexity index is 340. The van der Waals surface area contributed by atoms with Gasteiger partial charge in [-0.15, -0.1) is 11.8 Å². The molecular weight excluding hydrogens is 334 g/mol. The lowest BCUT2D eigenvalue weighted by Gasteiger charge is -2.25. The van der Waals surface area contributed by atoms with Crippen molar-refractivity contribution in [1.29, 1.82) is 0 Å². The zero-order valence-electron chi connectivity index (χ0n) is 12.6. The van der Waals surface area contributed by atoms with E-state index in [1.807, 2.05) is 0 Å². The highest BCUT2D eigenvalue weighted by molar-refractivity contribution is 8.00. The molecule has 2 unspecified atom stereocenters. The number of ether oxygens (including phenoxy) is 1. The molecule has 0 bridgehead atoms. The summed E-state index contributed by atoms with van der Waals surface area (Å²) in [6.07, 6.45) is -10.3. The Balaban J connectivity index is 4.62. The molecule has 22 heavy (non-hydrogen) atoms. The standard InChI is InChI=1S/C13H20F6O2S/c1-8(2)9(13(17,18)19)4-5-10(11(20)21-3)22-7-6-12(14,15)16/h8-10H,4-7H2,1-3H3. The molecule has 0 aromatic rings. The number of hydrogen-bond acceptors (Lipinski definition) is 3. The van der Waals surface area contributed by atoms with E-state index in [0.29, 0.717) is 11.8 Å². The monoisotopic (exact) mass is 354 g/mol. The topological polar surface area (TPSA) is 26.3 Å². The van der Waals surface area contributed by atoms with Crippen molar-refractivity contribution >= 4 is 17.7 Å². The van der Waals surface area contributed by atoms with Crippen LogP contribution in [0.3, 0.4) is 0 Å². The van der Waals surface area contributed by atoms with Crippen LogP contribution >= 0.6 is 11.8 Å². The van der Waals surface area contributed by atoms with Crippen molar-refractivity contribution in [3.8, 4) is 0 Å². The predicted octanol–water partition coefficient (Wildman–Crippen LogP) is 4.83. The Morgan fingerprint density at radius 2 is 1.64 bits per heavy atom. The number of halogens is 6. The van der Waals surface area contributed by atoms with Crippen LogP contribution in [0, 0.1) is 11.8 Å². The molecule has 0 aliphatic carbocycles. The van der Waals surface area contributed by atoms with Crippen LogP contribution in [-0.4, -0.2) is 36.4 Å². The van der Waals surface area contributed by atoms with E-state index in [1.54, 1.807) is 0 Å². The molecule has 2 atom stereocenters. The molecular formula is C13H20F6O2S. The van der Waals surface area contributed by atoms with E-state index in [4.69, 9.17) is 0 Å². The van der Waals surface area contributed by atoms with Crippen LogP contribution in [0.5, 0.6) is 0 Å². The van der Waals surface area contributed by atoms with Gasteiger partial charge in [-0.05, 0) is 18.8 Å². The molecule has 0 radical (unpaired) electrons. The van der Waals surface area contributed by atoms with E-state index in [2.05, 4.69) is 4.74 Å².